The summed E-state index contributed by atoms with van der Waals surface area (Å²) in [5.74, 6) is 1.43. The van der Waals surface area contributed by atoms with Crippen molar-refractivity contribution in [2.45, 2.75) is 52.1 Å². The normalized spacial score (nSPS) is 19.4. The van der Waals surface area contributed by atoms with E-state index in [1.807, 2.05) is 6.92 Å². The van der Waals surface area contributed by atoms with Gasteiger partial charge in [0.2, 0.25) is 5.88 Å². The van der Waals surface area contributed by atoms with Gasteiger partial charge in [0, 0.05) is 12.6 Å². The number of rotatable bonds is 8. The Kier molecular flexibility index (Phi) is 6.97. The van der Waals surface area contributed by atoms with Gasteiger partial charge in [-0.15, -0.1) is 10.2 Å². The van der Waals surface area contributed by atoms with Crippen LogP contribution in [-0.4, -0.2) is 52.3 Å². The maximum atomic E-state index is 12.6. The van der Waals surface area contributed by atoms with Crippen molar-refractivity contribution in [3.8, 4) is 11.7 Å². The van der Waals surface area contributed by atoms with Crippen molar-refractivity contribution in [2.75, 3.05) is 20.3 Å². The molecule has 152 valence electrons. The minimum absolute atomic E-state index is 0.148. The molecule has 2 aromatic heterocycles. The molecule has 2 atom stereocenters. The lowest BCUT2D eigenvalue weighted by Crippen LogP contribution is -2.32. The number of aromatic nitrogens is 4. The molecule has 0 spiro atoms. The lowest BCUT2D eigenvalue weighted by molar-refractivity contribution is -0.00294. The predicted molar refractivity (Wildman–Crippen MR) is 105 cm³/mol. The van der Waals surface area contributed by atoms with E-state index in [0.717, 1.165) is 12.1 Å². The van der Waals surface area contributed by atoms with Crippen LogP contribution in [0.3, 0.4) is 0 Å². The van der Waals surface area contributed by atoms with Crippen molar-refractivity contribution in [1.29, 1.82) is 0 Å². The molecule has 0 aromatic carbocycles. The Labute approximate surface area is 165 Å². The number of hydrogen-bond donors (Lipinski definition) is 1. The Bertz CT molecular complexity index is 775. The highest BCUT2D eigenvalue weighted by Crippen LogP contribution is 2.26. The molecule has 8 nitrogen and oxygen atoms in total. The van der Waals surface area contributed by atoms with Crippen molar-refractivity contribution in [3.63, 3.8) is 0 Å². The summed E-state index contributed by atoms with van der Waals surface area (Å²) in [4.78, 5) is 12.6. The molecule has 8 heteroatoms. The quantitative estimate of drug-likeness (QED) is 0.700. The van der Waals surface area contributed by atoms with Gasteiger partial charge >= 0.3 is 0 Å². The molecule has 1 aliphatic rings. The number of carbonyl (C=O) groups excluding carboxylic acids is 1. The summed E-state index contributed by atoms with van der Waals surface area (Å²) in [7, 11) is 1.54. The maximum Gasteiger partial charge on any atom is 0.254 e. The van der Waals surface area contributed by atoms with Crippen LogP contribution in [0.25, 0.3) is 5.82 Å². The average molecular weight is 387 g/mol. The van der Waals surface area contributed by atoms with E-state index < -0.39 is 0 Å². The van der Waals surface area contributed by atoms with Crippen LogP contribution in [0.1, 0.15) is 55.6 Å². The molecule has 0 aliphatic heterocycles. The standard InChI is InChI=1S/C20H29N5O3/c1-4-16-15(13-22-25(16)18-9-10-19(27-3)24-23-18)20(26)21-11-12-28-17-8-6-5-7-14(17)2/h9-10,13-14,17H,4-8,11-12H2,1-3H3,(H,21,26). The fourth-order valence-corrected chi connectivity index (χ4v) is 3.64. The fourth-order valence-electron chi connectivity index (χ4n) is 3.64. The van der Waals surface area contributed by atoms with Gasteiger partial charge in [0.15, 0.2) is 5.82 Å². The topological polar surface area (TPSA) is 91.2 Å². The van der Waals surface area contributed by atoms with E-state index in [4.69, 9.17) is 9.47 Å². The minimum Gasteiger partial charge on any atom is -0.480 e. The highest BCUT2D eigenvalue weighted by atomic mass is 16.5. The van der Waals surface area contributed by atoms with Crippen molar-refractivity contribution in [1.82, 2.24) is 25.3 Å². The third kappa shape index (κ3) is 4.67. The van der Waals surface area contributed by atoms with E-state index in [1.165, 1.54) is 26.4 Å². The average Bonchev–Trinajstić information content (AvgIpc) is 3.16. The number of nitrogens with zero attached hydrogens (tertiary/aromatic N) is 4. The SMILES string of the molecule is CCc1c(C(=O)NCCOC2CCCCC2C)cnn1-c1ccc(OC)nn1. The molecule has 3 rings (SSSR count). The monoisotopic (exact) mass is 387 g/mol. The Hall–Kier alpha value is -2.48. The first-order valence-corrected chi connectivity index (χ1v) is 9.98. The molecule has 2 aromatic rings. The van der Waals surface area contributed by atoms with Crippen molar-refractivity contribution < 1.29 is 14.3 Å². The lowest BCUT2D eigenvalue weighted by atomic mass is 9.88. The summed E-state index contributed by atoms with van der Waals surface area (Å²) in [6, 6.07) is 3.48. The Morgan fingerprint density at radius 3 is 2.79 bits per heavy atom. The van der Waals surface area contributed by atoms with Crippen LogP contribution in [0, 0.1) is 5.92 Å². The number of nitrogens with one attached hydrogen (secondary N) is 1. The molecule has 1 fully saturated rings. The Morgan fingerprint density at radius 1 is 1.29 bits per heavy atom. The predicted octanol–water partition coefficient (Wildman–Crippen LogP) is 2.56. The first-order chi connectivity index (χ1) is 13.6. The van der Waals surface area contributed by atoms with E-state index >= 15 is 0 Å². The van der Waals surface area contributed by atoms with Gasteiger partial charge in [-0.3, -0.25) is 4.79 Å². The molecule has 1 N–H and O–H groups in total. The fraction of sp³-hybridized carbons (Fsp3) is 0.600. The van der Waals surface area contributed by atoms with E-state index in [1.54, 1.807) is 23.0 Å². The summed E-state index contributed by atoms with van der Waals surface area (Å²) in [6.07, 6.45) is 7.40. The summed E-state index contributed by atoms with van der Waals surface area (Å²) < 4.78 is 12.6. The Balaban J connectivity index is 1.58. The number of methoxy groups -OCH3 is 1. The van der Waals surface area contributed by atoms with Crippen LogP contribution in [-0.2, 0) is 11.2 Å². The lowest BCUT2D eigenvalue weighted by Gasteiger charge is -2.28. The molecule has 1 amide bonds. The van der Waals surface area contributed by atoms with Gasteiger partial charge in [-0.05, 0) is 31.2 Å². The molecule has 0 bridgehead atoms. The second-order valence-corrected chi connectivity index (χ2v) is 7.13. The molecule has 0 radical (unpaired) electrons. The molecule has 28 heavy (non-hydrogen) atoms. The third-order valence-electron chi connectivity index (χ3n) is 5.25. The van der Waals surface area contributed by atoms with Gasteiger partial charge in [-0.1, -0.05) is 26.7 Å². The largest absolute Gasteiger partial charge is 0.480 e. The van der Waals surface area contributed by atoms with E-state index in [9.17, 15) is 4.79 Å². The van der Waals surface area contributed by atoms with E-state index in [2.05, 4.69) is 27.5 Å². The molecule has 2 unspecified atom stereocenters. The highest BCUT2D eigenvalue weighted by molar-refractivity contribution is 5.95. The first kappa shape index (κ1) is 20.3. The zero-order valence-corrected chi connectivity index (χ0v) is 16.9. The number of hydrogen-bond acceptors (Lipinski definition) is 6. The second kappa shape index (κ2) is 9.64. The van der Waals surface area contributed by atoms with Gasteiger partial charge in [-0.2, -0.15) is 5.10 Å². The molecular weight excluding hydrogens is 358 g/mol. The zero-order chi connectivity index (χ0) is 19.9. The van der Waals surface area contributed by atoms with Crippen molar-refractivity contribution in [2.24, 2.45) is 5.92 Å². The number of ether oxygens (including phenoxy) is 2. The summed E-state index contributed by atoms with van der Waals surface area (Å²) >= 11 is 0. The van der Waals surface area contributed by atoms with Crippen LogP contribution in [0.15, 0.2) is 18.3 Å². The van der Waals surface area contributed by atoms with Crippen LogP contribution >= 0.6 is 0 Å². The van der Waals surface area contributed by atoms with E-state index in [0.29, 0.717) is 48.9 Å². The highest BCUT2D eigenvalue weighted by Gasteiger charge is 2.22. The van der Waals surface area contributed by atoms with Crippen LogP contribution in [0.5, 0.6) is 5.88 Å². The van der Waals surface area contributed by atoms with Crippen molar-refractivity contribution >= 4 is 5.91 Å². The smallest absolute Gasteiger partial charge is 0.254 e. The molecule has 2 heterocycles. The van der Waals surface area contributed by atoms with Crippen LogP contribution in [0.2, 0.25) is 0 Å². The van der Waals surface area contributed by atoms with Gasteiger partial charge < -0.3 is 14.8 Å². The molecular formula is C20H29N5O3. The summed E-state index contributed by atoms with van der Waals surface area (Å²) in [5.41, 5.74) is 1.34. The van der Waals surface area contributed by atoms with Crippen molar-refractivity contribution in [3.05, 3.63) is 29.6 Å². The zero-order valence-electron chi connectivity index (χ0n) is 16.9. The summed E-state index contributed by atoms with van der Waals surface area (Å²) in [5, 5.41) is 15.3. The maximum absolute atomic E-state index is 12.6. The van der Waals surface area contributed by atoms with Gasteiger partial charge in [0.25, 0.3) is 5.91 Å². The molecule has 1 saturated carbocycles. The van der Waals surface area contributed by atoms with Crippen LogP contribution in [0.4, 0.5) is 0 Å². The van der Waals surface area contributed by atoms with E-state index in [-0.39, 0.29) is 5.91 Å². The Morgan fingerprint density at radius 2 is 2.11 bits per heavy atom. The minimum atomic E-state index is -0.148. The second-order valence-electron chi connectivity index (χ2n) is 7.13. The first-order valence-electron chi connectivity index (χ1n) is 9.98. The van der Waals surface area contributed by atoms with Gasteiger partial charge in [0.1, 0.15) is 0 Å². The van der Waals surface area contributed by atoms with Gasteiger partial charge in [-0.25, -0.2) is 4.68 Å². The molecule has 0 saturated heterocycles. The van der Waals surface area contributed by atoms with Crippen LogP contribution < -0.4 is 10.1 Å². The number of carbonyl (C=O) groups is 1. The number of amides is 1. The van der Waals surface area contributed by atoms with Gasteiger partial charge in [0.05, 0.1) is 37.3 Å². The molecule has 1 aliphatic carbocycles. The third-order valence-corrected chi connectivity index (χ3v) is 5.25. The summed E-state index contributed by atoms with van der Waals surface area (Å²) in [6.45, 7) is 5.24.